The van der Waals surface area contributed by atoms with Gasteiger partial charge in [-0.2, -0.15) is 0 Å². The second-order valence-corrected chi connectivity index (χ2v) is 8.34. The highest BCUT2D eigenvalue weighted by atomic mass is 35.5. The van der Waals surface area contributed by atoms with E-state index in [-0.39, 0.29) is 23.3 Å². The van der Waals surface area contributed by atoms with Crippen LogP contribution in [-0.2, 0) is 20.8 Å². The Kier molecular flexibility index (Phi) is 5.69. The Hall–Kier alpha value is -1.21. The van der Waals surface area contributed by atoms with E-state index in [2.05, 4.69) is 9.80 Å². The Morgan fingerprint density at radius 1 is 1.15 bits per heavy atom. The van der Waals surface area contributed by atoms with E-state index in [1.54, 1.807) is 6.07 Å². The Morgan fingerprint density at radius 3 is 2.63 bits per heavy atom. The van der Waals surface area contributed by atoms with E-state index in [4.69, 9.17) is 21.1 Å². The van der Waals surface area contributed by atoms with E-state index < -0.39 is 0 Å². The Bertz CT molecular complexity index is 688. The summed E-state index contributed by atoms with van der Waals surface area (Å²) < 4.78 is 24.6. The van der Waals surface area contributed by atoms with Crippen LogP contribution in [0.5, 0.6) is 0 Å². The second kappa shape index (κ2) is 8.03. The number of carbonyl (C=O) groups is 1. The zero-order chi connectivity index (χ0) is 18.9. The monoisotopic (exact) mass is 396 g/mol. The predicted octanol–water partition coefficient (Wildman–Crippen LogP) is 2.71. The van der Waals surface area contributed by atoms with Gasteiger partial charge in [-0.3, -0.25) is 14.6 Å². The molecule has 0 saturated carbocycles. The van der Waals surface area contributed by atoms with E-state index >= 15 is 0 Å². The van der Waals surface area contributed by atoms with Gasteiger partial charge in [-0.15, -0.1) is 0 Å². The van der Waals surface area contributed by atoms with Crippen LogP contribution in [0.1, 0.15) is 24.8 Å². The van der Waals surface area contributed by atoms with E-state index in [9.17, 15) is 9.18 Å². The van der Waals surface area contributed by atoms with Crippen LogP contribution in [-0.4, -0.2) is 67.8 Å². The molecule has 1 atom stereocenters. The minimum Gasteiger partial charge on any atom is -0.461 e. The van der Waals surface area contributed by atoms with Crippen molar-refractivity contribution in [2.24, 2.45) is 5.41 Å². The lowest BCUT2D eigenvalue weighted by Crippen LogP contribution is -2.43. The van der Waals surface area contributed by atoms with Gasteiger partial charge in [-0.25, -0.2) is 4.39 Å². The maximum atomic E-state index is 13.5. The largest absolute Gasteiger partial charge is 0.461 e. The number of piperidine rings is 1. The Labute approximate surface area is 164 Å². The average Bonchev–Trinajstić information content (AvgIpc) is 2.96. The number of benzene rings is 1. The van der Waals surface area contributed by atoms with Crippen molar-refractivity contribution >= 4 is 17.6 Å². The number of nitrogens with zero attached hydrogens (tertiary/aromatic N) is 2. The van der Waals surface area contributed by atoms with Crippen molar-refractivity contribution in [3.63, 3.8) is 0 Å². The zero-order valence-electron chi connectivity index (χ0n) is 15.5. The van der Waals surface area contributed by atoms with E-state index in [0.717, 1.165) is 70.8 Å². The maximum absolute atomic E-state index is 13.5. The van der Waals surface area contributed by atoms with Crippen molar-refractivity contribution in [2.75, 3.05) is 45.9 Å². The van der Waals surface area contributed by atoms with Crippen LogP contribution >= 0.6 is 11.6 Å². The number of hydrogen-bond acceptors (Lipinski definition) is 5. The molecule has 0 aromatic heterocycles. The number of ether oxygens (including phenoxy) is 2. The van der Waals surface area contributed by atoms with Crippen molar-refractivity contribution in [3.8, 4) is 0 Å². The molecule has 3 fully saturated rings. The third-order valence-electron chi connectivity index (χ3n) is 6.11. The number of cyclic esters (lactones) is 1. The quantitative estimate of drug-likeness (QED) is 0.732. The van der Waals surface area contributed by atoms with Crippen LogP contribution in [0.2, 0.25) is 5.02 Å². The smallest absolute Gasteiger partial charge is 0.312 e. The second-order valence-electron chi connectivity index (χ2n) is 7.94. The third kappa shape index (κ3) is 4.29. The summed E-state index contributed by atoms with van der Waals surface area (Å²) in [5.41, 5.74) is 0.450. The zero-order valence-corrected chi connectivity index (χ0v) is 16.2. The lowest BCUT2D eigenvalue weighted by molar-refractivity contribution is -0.151. The molecular weight excluding hydrogens is 371 g/mol. The molecule has 0 amide bonds. The van der Waals surface area contributed by atoms with E-state index in [1.807, 2.05) is 0 Å². The van der Waals surface area contributed by atoms with Crippen LogP contribution < -0.4 is 0 Å². The van der Waals surface area contributed by atoms with Crippen molar-refractivity contribution in [1.82, 2.24) is 9.80 Å². The van der Waals surface area contributed by atoms with Crippen LogP contribution in [0.3, 0.4) is 0 Å². The van der Waals surface area contributed by atoms with E-state index in [0.29, 0.717) is 11.6 Å². The highest BCUT2D eigenvalue weighted by Crippen LogP contribution is 2.43. The lowest BCUT2D eigenvalue weighted by Gasteiger charge is -2.36. The van der Waals surface area contributed by atoms with Crippen LogP contribution in [0.15, 0.2) is 18.2 Å². The van der Waals surface area contributed by atoms with Crippen LogP contribution in [0.4, 0.5) is 4.39 Å². The summed E-state index contributed by atoms with van der Waals surface area (Å²) >= 11 is 6.19. The normalized spacial score (nSPS) is 26.4. The van der Waals surface area contributed by atoms with Crippen molar-refractivity contribution < 1.29 is 18.7 Å². The van der Waals surface area contributed by atoms with E-state index in [1.165, 1.54) is 12.1 Å². The summed E-state index contributed by atoms with van der Waals surface area (Å²) in [5.74, 6) is -0.308. The molecule has 5 nitrogen and oxygen atoms in total. The van der Waals surface area contributed by atoms with Gasteiger partial charge >= 0.3 is 5.97 Å². The molecule has 4 rings (SSSR count). The number of halogens is 2. The SMILES string of the molecule is O=C1OC(CN2CCOCC2)CC12CCN(Cc1cc(F)ccc1Cl)CC2. The fourth-order valence-electron chi connectivity index (χ4n) is 4.46. The minimum atomic E-state index is -0.348. The van der Waals surface area contributed by atoms with Crippen molar-refractivity contribution in [3.05, 3.63) is 34.6 Å². The summed E-state index contributed by atoms with van der Waals surface area (Å²) in [6.07, 6.45) is 2.37. The first-order valence-electron chi connectivity index (χ1n) is 9.72. The molecule has 3 aliphatic rings. The molecule has 1 unspecified atom stereocenters. The first-order valence-corrected chi connectivity index (χ1v) is 10.1. The first-order chi connectivity index (χ1) is 13.0. The third-order valence-corrected chi connectivity index (χ3v) is 6.47. The summed E-state index contributed by atoms with van der Waals surface area (Å²) in [4.78, 5) is 17.2. The molecule has 0 aliphatic carbocycles. The lowest BCUT2D eigenvalue weighted by atomic mass is 9.76. The van der Waals surface area contributed by atoms with Gasteiger partial charge in [0, 0.05) is 37.6 Å². The average molecular weight is 397 g/mol. The predicted molar refractivity (Wildman–Crippen MR) is 100 cm³/mol. The van der Waals surface area contributed by atoms with Crippen molar-refractivity contribution in [1.29, 1.82) is 0 Å². The van der Waals surface area contributed by atoms with Gasteiger partial charge < -0.3 is 9.47 Å². The van der Waals surface area contributed by atoms with Gasteiger partial charge in [0.15, 0.2) is 0 Å². The number of esters is 1. The Morgan fingerprint density at radius 2 is 1.89 bits per heavy atom. The van der Waals surface area contributed by atoms with Gasteiger partial charge in [0.2, 0.25) is 0 Å². The number of carbonyl (C=O) groups excluding carboxylic acids is 1. The van der Waals surface area contributed by atoms with Gasteiger partial charge in [0.05, 0.1) is 18.6 Å². The number of rotatable bonds is 4. The van der Waals surface area contributed by atoms with Crippen LogP contribution in [0.25, 0.3) is 0 Å². The van der Waals surface area contributed by atoms with Gasteiger partial charge in [-0.1, -0.05) is 11.6 Å². The molecule has 3 saturated heterocycles. The molecule has 1 aromatic rings. The number of likely N-dealkylation sites (tertiary alicyclic amines) is 1. The fraction of sp³-hybridized carbons (Fsp3) is 0.650. The molecule has 3 heterocycles. The molecule has 0 radical (unpaired) electrons. The molecular formula is C20H26ClFN2O3. The first kappa shape index (κ1) is 19.1. The minimum absolute atomic E-state index is 0.0141. The number of hydrogen-bond donors (Lipinski definition) is 0. The van der Waals surface area contributed by atoms with Gasteiger partial charge in [-0.05, 0) is 49.7 Å². The summed E-state index contributed by atoms with van der Waals surface area (Å²) in [6.45, 7) is 6.33. The molecule has 1 aromatic carbocycles. The summed E-state index contributed by atoms with van der Waals surface area (Å²) in [6, 6.07) is 4.47. The topological polar surface area (TPSA) is 42.0 Å². The summed E-state index contributed by atoms with van der Waals surface area (Å²) in [7, 11) is 0. The maximum Gasteiger partial charge on any atom is 0.312 e. The number of morpholine rings is 1. The molecule has 0 N–H and O–H groups in total. The highest BCUT2D eigenvalue weighted by molar-refractivity contribution is 6.31. The molecule has 1 spiro atoms. The Balaban J connectivity index is 1.32. The molecule has 0 bridgehead atoms. The fourth-order valence-corrected chi connectivity index (χ4v) is 4.64. The molecule has 27 heavy (non-hydrogen) atoms. The van der Waals surface area contributed by atoms with Gasteiger partial charge in [0.1, 0.15) is 11.9 Å². The summed E-state index contributed by atoms with van der Waals surface area (Å²) in [5, 5.41) is 0.586. The van der Waals surface area contributed by atoms with Gasteiger partial charge in [0.25, 0.3) is 0 Å². The van der Waals surface area contributed by atoms with Crippen molar-refractivity contribution in [2.45, 2.75) is 31.9 Å². The molecule has 7 heteroatoms. The molecule has 148 valence electrons. The standard InChI is InChI=1S/C20H26ClFN2O3/c21-18-2-1-16(22)11-15(18)13-23-5-3-20(4-6-23)12-17(27-19(20)25)14-24-7-9-26-10-8-24/h1-2,11,17H,3-10,12-14H2. The van der Waals surface area contributed by atoms with Crippen LogP contribution in [0, 0.1) is 11.2 Å². The highest BCUT2D eigenvalue weighted by Gasteiger charge is 2.50. The molecule has 3 aliphatic heterocycles.